The van der Waals surface area contributed by atoms with Crippen molar-refractivity contribution < 1.29 is 19.4 Å². The summed E-state index contributed by atoms with van der Waals surface area (Å²) >= 11 is 0. The van der Waals surface area contributed by atoms with Gasteiger partial charge in [-0.25, -0.2) is 9.97 Å². The van der Waals surface area contributed by atoms with Crippen LogP contribution in [-0.4, -0.2) is 58.0 Å². The fourth-order valence-corrected chi connectivity index (χ4v) is 5.05. The van der Waals surface area contributed by atoms with Crippen LogP contribution < -0.4 is 15.4 Å². The van der Waals surface area contributed by atoms with E-state index in [2.05, 4.69) is 63.6 Å². The van der Waals surface area contributed by atoms with E-state index in [0.717, 1.165) is 56.6 Å². The van der Waals surface area contributed by atoms with Crippen molar-refractivity contribution in [3.05, 3.63) is 65.1 Å². The molecule has 9 nitrogen and oxygen atoms in total. The van der Waals surface area contributed by atoms with Crippen molar-refractivity contribution >= 4 is 28.5 Å². The topological polar surface area (TPSA) is 116 Å². The molecule has 2 aromatic carbocycles. The molecule has 0 saturated heterocycles. The molecule has 4 aromatic rings. The third kappa shape index (κ3) is 6.52. The highest BCUT2D eigenvalue weighted by Crippen LogP contribution is 2.46. The molecule has 9 heteroatoms. The summed E-state index contributed by atoms with van der Waals surface area (Å²) in [5.74, 6) is 0.270. The molecule has 0 fully saturated rings. The summed E-state index contributed by atoms with van der Waals surface area (Å²) in [7, 11) is 1.71. The van der Waals surface area contributed by atoms with E-state index in [4.69, 9.17) is 15.2 Å². The molecule has 0 saturated carbocycles. The van der Waals surface area contributed by atoms with Gasteiger partial charge < -0.3 is 29.8 Å². The number of ether oxygens (including phenoxy) is 2. The summed E-state index contributed by atoms with van der Waals surface area (Å²) in [6.07, 6.45) is 3.24. The molecule has 2 aromatic heterocycles. The van der Waals surface area contributed by atoms with Gasteiger partial charge in [-0.2, -0.15) is 0 Å². The summed E-state index contributed by atoms with van der Waals surface area (Å²) in [6.45, 7) is 14.5. The number of hydrogen-bond acceptors (Lipinski definition) is 7. The van der Waals surface area contributed by atoms with E-state index in [1.165, 1.54) is 0 Å². The quantitative estimate of drug-likeness (QED) is 0.302. The number of carboxylic acids is 1. The number of nitrogens with zero attached hydrogens (tertiary/aromatic N) is 4. The lowest BCUT2D eigenvalue weighted by molar-refractivity contribution is -0.136. The van der Waals surface area contributed by atoms with Crippen molar-refractivity contribution in [1.82, 2.24) is 14.5 Å². The second-order valence-corrected chi connectivity index (χ2v) is 11.3. The van der Waals surface area contributed by atoms with Crippen LogP contribution in [0.15, 0.2) is 42.7 Å². The Kier molecular flexibility index (Phi) is 8.99. The average molecular weight is 560 g/mol. The van der Waals surface area contributed by atoms with E-state index in [0.29, 0.717) is 31.4 Å². The van der Waals surface area contributed by atoms with Crippen molar-refractivity contribution in [1.29, 1.82) is 0 Å². The van der Waals surface area contributed by atoms with Gasteiger partial charge in [0.05, 0.1) is 35.6 Å². The van der Waals surface area contributed by atoms with Gasteiger partial charge in [0.15, 0.2) is 5.75 Å². The van der Waals surface area contributed by atoms with Crippen LogP contribution in [0.25, 0.3) is 22.0 Å². The number of hydrogen-bond donors (Lipinski definition) is 2. The largest absolute Gasteiger partial charge is 0.489 e. The van der Waals surface area contributed by atoms with Gasteiger partial charge in [-0.05, 0) is 69.9 Å². The van der Waals surface area contributed by atoms with E-state index in [1.807, 2.05) is 27.7 Å². The lowest BCUT2D eigenvalue weighted by Gasteiger charge is -2.33. The number of anilines is 2. The molecule has 0 radical (unpaired) electrons. The fourth-order valence-electron chi connectivity index (χ4n) is 5.05. The maximum atomic E-state index is 12.0. The zero-order chi connectivity index (χ0) is 29.9. The molecule has 1 aliphatic rings. The summed E-state index contributed by atoms with van der Waals surface area (Å²) < 4.78 is 12.8. The van der Waals surface area contributed by atoms with Gasteiger partial charge >= 0.3 is 5.97 Å². The van der Waals surface area contributed by atoms with Crippen LogP contribution in [-0.2, 0) is 22.5 Å². The number of carboxylic acid groups (broad SMARTS) is 1. The van der Waals surface area contributed by atoms with E-state index in [1.54, 1.807) is 19.5 Å². The summed E-state index contributed by atoms with van der Waals surface area (Å²) in [4.78, 5) is 23.2. The van der Waals surface area contributed by atoms with E-state index < -0.39 is 5.97 Å². The Labute approximate surface area is 241 Å². The molecule has 218 valence electrons. The Morgan fingerprint density at radius 3 is 2.27 bits per heavy atom. The minimum atomic E-state index is -0.857. The first-order chi connectivity index (χ1) is 19.4. The smallest absolute Gasteiger partial charge is 0.307 e. The Morgan fingerprint density at radius 1 is 1.07 bits per heavy atom. The standard InChI is InChI=1S/C27H29N5O3.C5H12O/c1-16-4-6-19(7-5-16)24-21(13-23(33)34)18(3)25-26-22(24)12-17(2)31(26)9-10-32(25)27-29-14-20(15-30-27)35-11-8-28;1-5(2,3)6-4/h4-7,12,14-15H,8-11,13,28H2,1-3H3,(H,33,34);1-4H3. The molecule has 0 atom stereocenters. The van der Waals surface area contributed by atoms with Crippen LogP contribution in [0, 0.1) is 20.8 Å². The number of methoxy groups -OCH3 is 1. The van der Waals surface area contributed by atoms with Gasteiger partial charge in [-0.1, -0.05) is 29.8 Å². The molecule has 3 N–H and O–H groups in total. The summed E-state index contributed by atoms with van der Waals surface area (Å²) in [5, 5.41) is 10.9. The minimum Gasteiger partial charge on any atom is -0.489 e. The zero-order valence-electron chi connectivity index (χ0n) is 25.1. The Bertz CT molecular complexity index is 1520. The molecule has 1 aliphatic heterocycles. The van der Waals surface area contributed by atoms with Crippen LogP contribution in [0.5, 0.6) is 5.75 Å². The van der Waals surface area contributed by atoms with Crippen LogP contribution >= 0.6 is 0 Å². The maximum absolute atomic E-state index is 12.0. The second kappa shape index (κ2) is 12.3. The first kappa shape index (κ1) is 30.0. The maximum Gasteiger partial charge on any atom is 0.307 e. The van der Waals surface area contributed by atoms with Crippen molar-refractivity contribution in [2.45, 2.75) is 60.1 Å². The molecule has 0 amide bonds. The molecule has 3 heterocycles. The first-order valence-electron chi connectivity index (χ1n) is 13.9. The summed E-state index contributed by atoms with van der Waals surface area (Å²) in [5.41, 5.74) is 13.7. The Morgan fingerprint density at radius 2 is 1.71 bits per heavy atom. The number of aryl methyl sites for hydroxylation is 2. The molecule has 0 spiro atoms. The van der Waals surface area contributed by atoms with Gasteiger partial charge in [0.25, 0.3) is 0 Å². The molecule has 0 aliphatic carbocycles. The van der Waals surface area contributed by atoms with Crippen LogP contribution in [0.4, 0.5) is 11.6 Å². The van der Waals surface area contributed by atoms with Crippen LogP contribution in [0.2, 0.25) is 0 Å². The average Bonchev–Trinajstić information content (AvgIpc) is 3.27. The minimum absolute atomic E-state index is 0.0417. The fraction of sp³-hybridized carbons (Fsp3) is 0.406. The summed E-state index contributed by atoms with van der Waals surface area (Å²) in [6, 6.07) is 10.5. The number of benzene rings is 2. The molecule has 5 rings (SSSR count). The Balaban J connectivity index is 0.000000585. The van der Waals surface area contributed by atoms with E-state index >= 15 is 0 Å². The first-order valence-corrected chi connectivity index (χ1v) is 13.9. The predicted molar refractivity (Wildman–Crippen MR) is 163 cm³/mol. The van der Waals surface area contributed by atoms with Gasteiger partial charge in [0, 0.05) is 37.8 Å². The van der Waals surface area contributed by atoms with Crippen LogP contribution in [0.1, 0.15) is 43.2 Å². The molecular weight excluding hydrogens is 518 g/mol. The van der Waals surface area contributed by atoms with E-state index in [9.17, 15) is 9.90 Å². The van der Waals surface area contributed by atoms with Crippen molar-refractivity contribution in [2.75, 3.05) is 31.7 Å². The molecule has 41 heavy (non-hydrogen) atoms. The third-order valence-electron chi connectivity index (χ3n) is 7.25. The number of aromatic nitrogens is 3. The monoisotopic (exact) mass is 559 g/mol. The van der Waals surface area contributed by atoms with Crippen molar-refractivity contribution in [3.63, 3.8) is 0 Å². The lowest BCUT2D eigenvalue weighted by Crippen LogP contribution is -2.30. The van der Waals surface area contributed by atoms with Gasteiger partial charge in [-0.3, -0.25) is 4.79 Å². The number of carbonyl (C=O) groups is 1. The van der Waals surface area contributed by atoms with Crippen LogP contribution in [0.3, 0.4) is 0 Å². The second-order valence-electron chi connectivity index (χ2n) is 11.3. The molecule has 0 bridgehead atoms. The zero-order valence-corrected chi connectivity index (χ0v) is 25.1. The van der Waals surface area contributed by atoms with Crippen molar-refractivity contribution in [2.24, 2.45) is 5.73 Å². The van der Waals surface area contributed by atoms with Gasteiger partial charge in [0.2, 0.25) is 5.95 Å². The van der Waals surface area contributed by atoms with E-state index in [-0.39, 0.29) is 12.0 Å². The number of nitrogens with two attached hydrogens (primary N) is 1. The molecular formula is C32H41N5O4. The van der Waals surface area contributed by atoms with Crippen molar-refractivity contribution in [3.8, 4) is 16.9 Å². The normalized spacial score (nSPS) is 12.7. The predicted octanol–water partition coefficient (Wildman–Crippen LogP) is 5.57. The highest BCUT2D eigenvalue weighted by Gasteiger charge is 2.30. The SMILES string of the molecule is COC(C)(C)C.Cc1ccc(-c2c(CC(=O)O)c(C)c3c4c2cc(C)n4CCN3c2ncc(OCCN)cn2)cc1. The highest BCUT2D eigenvalue weighted by atomic mass is 16.5. The number of aliphatic carboxylic acids is 1. The van der Waals surface area contributed by atoms with Gasteiger partial charge in [0.1, 0.15) is 6.61 Å². The number of rotatable bonds is 7. The Hall–Kier alpha value is -3.95. The highest BCUT2D eigenvalue weighted by molar-refractivity contribution is 6.08. The molecule has 0 unspecified atom stereocenters. The third-order valence-corrected chi connectivity index (χ3v) is 7.25. The lowest BCUT2D eigenvalue weighted by atomic mass is 9.88. The van der Waals surface area contributed by atoms with Gasteiger partial charge in [-0.15, -0.1) is 0 Å².